The van der Waals surface area contributed by atoms with E-state index < -0.39 is 0 Å². The third kappa shape index (κ3) is 28.4. The van der Waals surface area contributed by atoms with Gasteiger partial charge in [-0.3, -0.25) is 0 Å². The molecule has 0 rings (SSSR count). The van der Waals surface area contributed by atoms with Crippen molar-refractivity contribution in [3.8, 4) is 0 Å². The SMILES string of the molecule is CCCC[O-].CC[CH2][Mg+]. The molecular formula is C7H16MgO. The molecule has 2 heteroatoms. The van der Waals surface area contributed by atoms with Gasteiger partial charge in [-0.15, -0.1) is 6.61 Å². The molecule has 0 N–H and O–H groups in total. The summed E-state index contributed by atoms with van der Waals surface area (Å²) in [5, 5.41) is 9.53. The predicted molar refractivity (Wildman–Crippen MR) is 40.6 cm³/mol. The molecule has 0 aromatic heterocycles. The molecule has 0 aromatic carbocycles. The second-order valence-electron chi connectivity index (χ2n) is 1.91. The molecule has 9 heavy (non-hydrogen) atoms. The van der Waals surface area contributed by atoms with Crippen LogP contribution in [0, 0.1) is 0 Å². The second-order valence-corrected chi connectivity index (χ2v) is 2.62. The first-order valence-corrected chi connectivity index (χ1v) is 4.70. The quantitative estimate of drug-likeness (QED) is 0.539. The van der Waals surface area contributed by atoms with Crippen LogP contribution in [0.3, 0.4) is 0 Å². The monoisotopic (exact) mass is 140 g/mol. The summed E-state index contributed by atoms with van der Waals surface area (Å²) in [6.07, 6.45) is 3.20. The molecule has 0 fully saturated rings. The summed E-state index contributed by atoms with van der Waals surface area (Å²) in [6, 6.07) is 0. The number of hydrogen-bond acceptors (Lipinski definition) is 1. The van der Waals surface area contributed by atoms with E-state index in [1.807, 2.05) is 28.6 Å². The molecule has 0 saturated carbocycles. The van der Waals surface area contributed by atoms with Gasteiger partial charge >= 0.3 is 39.6 Å². The van der Waals surface area contributed by atoms with Gasteiger partial charge in [0.1, 0.15) is 0 Å². The molecule has 0 saturated heterocycles. The fraction of sp³-hybridized carbons (Fsp3) is 1.00. The zero-order chi connectivity index (χ0) is 7.54. The van der Waals surface area contributed by atoms with Crippen molar-refractivity contribution in [2.45, 2.75) is 37.7 Å². The molecular weight excluding hydrogens is 124 g/mol. The van der Waals surface area contributed by atoms with Crippen molar-refractivity contribution < 1.29 is 5.11 Å². The minimum absolute atomic E-state index is 0.0938. The van der Waals surface area contributed by atoms with Crippen molar-refractivity contribution in [3.63, 3.8) is 0 Å². The number of unbranched alkanes of at least 4 members (excludes halogenated alkanes) is 1. The van der Waals surface area contributed by atoms with E-state index >= 15 is 0 Å². The third-order valence-electron chi connectivity index (χ3n) is 0.851. The van der Waals surface area contributed by atoms with Gasteiger partial charge in [0.15, 0.2) is 0 Å². The van der Waals surface area contributed by atoms with Gasteiger partial charge in [0.25, 0.3) is 0 Å². The van der Waals surface area contributed by atoms with E-state index in [2.05, 4.69) is 6.92 Å². The molecule has 0 heterocycles. The molecule has 0 bridgehead atoms. The van der Waals surface area contributed by atoms with Crippen LogP contribution in [-0.4, -0.2) is 28.3 Å². The summed E-state index contributed by atoms with van der Waals surface area (Å²) in [5.74, 6) is 0. The first-order chi connectivity index (χ1) is 4.33. The Balaban J connectivity index is 0. The normalized spacial score (nSPS) is 8.11. The van der Waals surface area contributed by atoms with Gasteiger partial charge in [0.05, 0.1) is 0 Å². The van der Waals surface area contributed by atoms with Crippen LogP contribution in [0.15, 0.2) is 0 Å². The average molecular weight is 141 g/mol. The molecule has 0 aromatic rings. The van der Waals surface area contributed by atoms with Gasteiger partial charge in [-0.05, 0) is 0 Å². The topological polar surface area (TPSA) is 23.1 Å². The molecule has 0 atom stereocenters. The zero-order valence-corrected chi connectivity index (χ0v) is 8.07. The Morgan fingerprint density at radius 3 is 1.67 bits per heavy atom. The Labute approximate surface area is 71.3 Å². The van der Waals surface area contributed by atoms with E-state index in [0.717, 1.165) is 12.8 Å². The van der Waals surface area contributed by atoms with Gasteiger partial charge < -0.3 is 5.11 Å². The molecule has 0 aliphatic heterocycles. The summed E-state index contributed by atoms with van der Waals surface area (Å²) in [5.41, 5.74) is 0. The minimum atomic E-state index is 0.0938. The van der Waals surface area contributed by atoms with Crippen LogP contribution in [0.2, 0.25) is 4.55 Å². The van der Waals surface area contributed by atoms with Crippen molar-refractivity contribution in [2.75, 3.05) is 6.61 Å². The molecule has 0 radical (unpaired) electrons. The summed E-state index contributed by atoms with van der Waals surface area (Å²) in [4.78, 5) is 0. The predicted octanol–water partition coefficient (Wildman–Crippen LogP) is 1.13. The van der Waals surface area contributed by atoms with Crippen LogP contribution in [0.5, 0.6) is 0 Å². The van der Waals surface area contributed by atoms with Crippen molar-refractivity contribution in [1.82, 2.24) is 0 Å². The molecule has 0 aliphatic carbocycles. The summed E-state index contributed by atoms with van der Waals surface area (Å²) < 4.78 is 1.35. The van der Waals surface area contributed by atoms with E-state index in [4.69, 9.17) is 0 Å². The van der Waals surface area contributed by atoms with Crippen molar-refractivity contribution >= 4 is 21.7 Å². The third-order valence-corrected chi connectivity index (χ3v) is 1.56. The van der Waals surface area contributed by atoms with E-state index in [-0.39, 0.29) is 6.61 Å². The first-order valence-electron chi connectivity index (χ1n) is 3.70. The molecule has 1 nitrogen and oxygen atoms in total. The second kappa shape index (κ2) is 15.9. The van der Waals surface area contributed by atoms with E-state index in [1.165, 1.54) is 11.0 Å². The number of rotatable bonds is 3. The fourth-order valence-electron chi connectivity index (χ4n) is 0.144. The average Bonchev–Trinajstić information content (AvgIpc) is 1.91. The molecule has 52 valence electrons. The first kappa shape index (κ1) is 12.4. The fourth-order valence-corrected chi connectivity index (χ4v) is 0.144. The van der Waals surface area contributed by atoms with Crippen LogP contribution in [-0.2, 0) is 0 Å². The summed E-state index contributed by atoms with van der Waals surface area (Å²) >= 11 is 2.02. The van der Waals surface area contributed by atoms with Gasteiger partial charge in [-0.2, -0.15) is 0 Å². The molecule has 0 amide bonds. The Morgan fingerprint density at radius 1 is 1.22 bits per heavy atom. The molecule has 0 unspecified atom stereocenters. The van der Waals surface area contributed by atoms with Crippen molar-refractivity contribution in [1.29, 1.82) is 0 Å². The zero-order valence-electron chi connectivity index (χ0n) is 6.65. The maximum absolute atomic E-state index is 9.53. The van der Waals surface area contributed by atoms with Gasteiger partial charge in [0, 0.05) is 0 Å². The van der Waals surface area contributed by atoms with Crippen LogP contribution in [0.25, 0.3) is 0 Å². The van der Waals surface area contributed by atoms with Gasteiger partial charge in [-0.25, -0.2) is 0 Å². The van der Waals surface area contributed by atoms with Crippen molar-refractivity contribution in [3.05, 3.63) is 0 Å². The summed E-state index contributed by atoms with van der Waals surface area (Å²) in [6.45, 7) is 4.29. The Morgan fingerprint density at radius 2 is 1.67 bits per heavy atom. The maximum atomic E-state index is 9.53. The summed E-state index contributed by atoms with van der Waals surface area (Å²) in [7, 11) is 0. The van der Waals surface area contributed by atoms with Crippen LogP contribution >= 0.6 is 0 Å². The van der Waals surface area contributed by atoms with Crippen LogP contribution in [0.1, 0.15) is 33.1 Å². The Kier molecular flexibility index (Phi) is 21.9. The van der Waals surface area contributed by atoms with Gasteiger partial charge in [0.2, 0.25) is 0 Å². The van der Waals surface area contributed by atoms with E-state index in [1.54, 1.807) is 0 Å². The molecule has 0 spiro atoms. The van der Waals surface area contributed by atoms with Crippen LogP contribution in [0.4, 0.5) is 0 Å². The Hall–Kier alpha value is 0.726. The molecule has 0 aliphatic rings. The van der Waals surface area contributed by atoms with Crippen LogP contribution < -0.4 is 5.11 Å². The number of hydrogen-bond donors (Lipinski definition) is 0. The van der Waals surface area contributed by atoms with E-state index in [0.29, 0.717) is 0 Å². The van der Waals surface area contributed by atoms with Gasteiger partial charge in [-0.1, -0.05) is 19.8 Å². The Bertz CT molecular complexity index is 28.1. The standard InChI is InChI=1S/C4H9O.C3H7.Mg/c1-2-3-4-5;1-3-2;/h2-4H2,1H3;1,3H2,2H3;/q-1;;+1. The van der Waals surface area contributed by atoms with Crippen molar-refractivity contribution in [2.24, 2.45) is 0 Å². The van der Waals surface area contributed by atoms with E-state index in [9.17, 15) is 5.11 Å².